The Morgan fingerprint density at radius 3 is 2.75 bits per heavy atom. The molecule has 24 heavy (non-hydrogen) atoms. The van der Waals surface area contributed by atoms with E-state index in [1.165, 1.54) is 29.5 Å². The summed E-state index contributed by atoms with van der Waals surface area (Å²) in [6, 6.07) is 5.53. The number of hydrogen-bond acceptors (Lipinski definition) is 4. The minimum atomic E-state index is -0.474. The van der Waals surface area contributed by atoms with Crippen molar-refractivity contribution < 1.29 is 9.18 Å². The average molecular weight is 342 g/mol. The number of nitrogens with zero attached hydrogens (tertiary/aromatic N) is 3. The van der Waals surface area contributed by atoms with E-state index >= 15 is 0 Å². The topological polar surface area (TPSA) is 59.8 Å². The summed E-state index contributed by atoms with van der Waals surface area (Å²) in [6.45, 7) is 0. The van der Waals surface area contributed by atoms with E-state index in [4.69, 9.17) is 0 Å². The summed E-state index contributed by atoms with van der Waals surface area (Å²) < 4.78 is 15.0. The van der Waals surface area contributed by atoms with E-state index < -0.39 is 6.04 Å². The van der Waals surface area contributed by atoms with Gasteiger partial charge in [0.05, 0.1) is 11.2 Å². The Morgan fingerprint density at radius 1 is 1.33 bits per heavy atom. The second kappa shape index (κ2) is 7.18. The maximum absolute atomic E-state index is 13.2. The van der Waals surface area contributed by atoms with Crippen LogP contribution in [0.3, 0.4) is 0 Å². The van der Waals surface area contributed by atoms with Gasteiger partial charge in [-0.05, 0) is 23.8 Å². The number of rotatable bonds is 5. The largest absolute Gasteiger partial charge is 0.339 e. The molecule has 1 atom stereocenters. The molecule has 0 saturated heterocycles. The van der Waals surface area contributed by atoms with Crippen molar-refractivity contribution in [3.8, 4) is 0 Å². The number of aromatic nitrogens is 3. The number of halogens is 1. The Kier molecular flexibility index (Phi) is 4.81. The molecule has 0 radical (unpaired) electrons. The van der Waals surface area contributed by atoms with Crippen LogP contribution in [-0.4, -0.2) is 20.4 Å². The van der Waals surface area contributed by atoms with Crippen molar-refractivity contribution in [3.63, 3.8) is 0 Å². The highest BCUT2D eigenvalue weighted by Gasteiger charge is 2.19. The van der Waals surface area contributed by atoms with Crippen LogP contribution < -0.4 is 5.32 Å². The van der Waals surface area contributed by atoms with Crippen LogP contribution in [0, 0.1) is 5.82 Å². The molecule has 0 saturated carbocycles. The van der Waals surface area contributed by atoms with Crippen molar-refractivity contribution in [2.75, 3.05) is 0 Å². The molecule has 0 bridgehead atoms. The van der Waals surface area contributed by atoms with Crippen LogP contribution in [0.4, 0.5) is 4.39 Å². The summed E-state index contributed by atoms with van der Waals surface area (Å²) in [4.78, 5) is 20.7. The van der Waals surface area contributed by atoms with E-state index in [0.29, 0.717) is 5.82 Å². The average Bonchev–Trinajstić information content (AvgIpc) is 3.23. The van der Waals surface area contributed by atoms with Crippen molar-refractivity contribution in [3.05, 3.63) is 76.5 Å². The lowest BCUT2D eigenvalue weighted by molar-refractivity contribution is -0.117. The molecule has 1 unspecified atom stereocenters. The molecule has 3 aromatic rings. The zero-order valence-electron chi connectivity index (χ0n) is 12.9. The number of thiazole rings is 1. The fourth-order valence-electron chi connectivity index (χ4n) is 2.26. The van der Waals surface area contributed by atoms with Gasteiger partial charge in [0.1, 0.15) is 17.7 Å². The van der Waals surface area contributed by atoms with E-state index in [9.17, 15) is 9.18 Å². The molecular formula is C17H15FN4OS. The van der Waals surface area contributed by atoms with E-state index in [1.54, 1.807) is 36.1 Å². The van der Waals surface area contributed by atoms with Crippen molar-refractivity contribution in [1.29, 1.82) is 0 Å². The first-order chi connectivity index (χ1) is 11.6. The molecule has 1 aromatic carbocycles. The second-order valence-corrected chi connectivity index (χ2v) is 5.85. The molecule has 0 aliphatic rings. The number of carbonyl (C=O) groups is 1. The molecule has 1 N–H and O–H groups in total. The monoisotopic (exact) mass is 342 g/mol. The molecule has 7 heteroatoms. The Balaban J connectivity index is 1.84. The van der Waals surface area contributed by atoms with E-state index in [-0.39, 0.29) is 11.7 Å². The van der Waals surface area contributed by atoms with Gasteiger partial charge < -0.3 is 9.88 Å². The highest BCUT2D eigenvalue weighted by Crippen LogP contribution is 2.20. The van der Waals surface area contributed by atoms with Crippen LogP contribution in [-0.2, 0) is 11.8 Å². The van der Waals surface area contributed by atoms with Gasteiger partial charge >= 0.3 is 0 Å². The molecule has 0 aliphatic carbocycles. The number of imidazole rings is 1. The first-order valence-corrected chi connectivity index (χ1v) is 8.17. The molecule has 3 rings (SSSR count). The summed E-state index contributed by atoms with van der Waals surface area (Å²) in [7, 11) is 1.84. The van der Waals surface area contributed by atoms with Gasteiger partial charge in [-0.3, -0.25) is 4.79 Å². The standard InChI is InChI=1S/C17H15FN4OS/c1-22-9-8-19-17(22)16(12-2-4-13(18)5-3-12)21-15(23)7-6-14-10-24-11-20-14/h2-11,16H,1H3,(H,21,23)/b7-6+. The van der Waals surface area contributed by atoms with Crippen molar-refractivity contribution in [2.45, 2.75) is 6.04 Å². The van der Waals surface area contributed by atoms with Gasteiger partial charge in [0.2, 0.25) is 5.91 Å². The smallest absolute Gasteiger partial charge is 0.244 e. The first kappa shape index (κ1) is 16.1. The van der Waals surface area contributed by atoms with Gasteiger partial charge in [-0.1, -0.05) is 12.1 Å². The Labute approximate surface area is 142 Å². The predicted octanol–water partition coefficient (Wildman–Crippen LogP) is 2.93. The van der Waals surface area contributed by atoms with Crippen LogP contribution >= 0.6 is 11.3 Å². The molecule has 5 nitrogen and oxygen atoms in total. The first-order valence-electron chi connectivity index (χ1n) is 7.23. The minimum absolute atomic E-state index is 0.277. The number of carbonyl (C=O) groups excluding carboxylic acids is 1. The predicted molar refractivity (Wildman–Crippen MR) is 90.7 cm³/mol. The van der Waals surface area contributed by atoms with Crippen molar-refractivity contribution >= 4 is 23.3 Å². The maximum Gasteiger partial charge on any atom is 0.244 e. The number of amides is 1. The molecule has 0 aliphatic heterocycles. The molecule has 122 valence electrons. The van der Waals surface area contributed by atoms with E-state index in [0.717, 1.165) is 11.3 Å². The van der Waals surface area contributed by atoms with Gasteiger partial charge in [-0.25, -0.2) is 14.4 Å². The van der Waals surface area contributed by atoms with Gasteiger partial charge in [-0.15, -0.1) is 11.3 Å². The molecule has 0 fully saturated rings. The summed E-state index contributed by atoms with van der Waals surface area (Å²) in [5.74, 6) is 0.0597. The lowest BCUT2D eigenvalue weighted by atomic mass is 10.1. The Bertz CT molecular complexity index is 840. The number of aryl methyl sites for hydroxylation is 1. The second-order valence-electron chi connectivity index (χ2n) is 5.14. The van der Waals surface area contributed by atoms with Crippen LogP contribution in [0.2, 0.25) is 0 Å². The fraction of sp³-hybridized carbons (Fsp3) is 0.118. The van der Waals surface area contributed by atoms with E-state index in [2.05, 4.69) is 15.3 Å². The quantitative estimate of drug-likeness (QED) is 0.725. The van der Waals surface area contributed by atoms with Crippen molar-refractivity contribution in [1.82, 2.24) is 19.9 Å². The number of benzene rings is 1. The Hall–Kier alpha value is -2.80. The highest BCUT2D eigenvalue weighted by atomic mass is 32.1. The van der Waals surface area contributed by atoms with Gasteiger partial charge in [0.25, 0.3) is 0 Å². The lowest BCUT2D eigenvalue weighted by Crippen LogP contribution is -2.29. The van der Waals surface area contributed by atoms with Gasteiger partial charge in [-0.2, -0.15) is 0 Å². The maximum atomic E-state index is 13.2. The summed E-state index contributed by atoms with van der Waals surface area (Å²) in [5, 5.41) is 4.75. The molecule has 2 aromatic heterocycles. The SMILES string of the molecule is Cn1ccnc1C(NC(=O)/C=C/c1cscn1)c1ccc(F)cc1. The van der Waals surface area contributed by atoms with Gasteiger partial charge in [0.15, 0.2) is 0 Å². The highest BCUT2D eigenvalue weighted by molar-refractivity contribution is 7.07. The van der Waals surface area contributed by atoms with Crippen molar-refractivity contribution in [2.24, 2.45) is 7.05 Å². The Morgan fingerprint density at radius 2 is 2.12 bits per heavy atom. The van der Waals surface area contributed by atoms with Crippen LogP contribution in [0.25, 0.3) is 6.08 Å². The third kappa shape index (κ3) is 3.75. The van der Waals surface area contributed by atoms with Crippen LogP contribution in [0.5, 0.6) is 0 Å². The van der Waals surface area contributed by atoms with Crippen LogP contribution in [0.1, 0.15) is 23.1 Å². The van der Waals surface area contributed by atoms with E-state index in [1.807, 2.05) is 17.0 Å². The molecule has 0 spiro atoms. The molecule has 2 heterocycles. The third-order valence-electron chi connectivity index (χ3n) is 3.46. The summed E-state index contributed by atoms with van der Waals surface area (Å²) in [6.07, 6.45) is 6.52. The van der Waals surface area contributed by atoms with Crippen LogP contribution in [0.15, 0.2) is 53.6 Å². The third-order valence-corrected chi connectivity index (χ3v) is 4.07. The molecular weight excluding hydrogens is 327 g/mol. The normalized spacial score (nSPS) is 12.4. The summed E-state index contributed by atoms with van der Waals surface area (Å²) >= 11 is 1.46. The lowest BCUT2D eigenvalue weighted by Gasteiger charge is -2.18. The zero-order chi connectivity index (χ0) is 16.9. The fourth-order valence-corrected chi connectivity index (χ4v) is 2.79. The minimum Gasteiger partial charge on any atom is -0.339 e. The molecule has 1 amide bonds. The van der Waals surface area contributed by atoms with Gasteiger partial charge in [0, 0.05) is 30.9 Å². The number of hydrogen-bond donors (Lipinski definition) is 1. The zero-order valence-corrected chi connectivity index (χ0v) is 13.7. The number of nitrogens with one attached hydrogen (secondary N) is 1. The summed E-state index contributed by atoms with van der Waals surface area (Å²) in [5.41, 5.74) is 3.18.